The molecule has 0 bridgehead atoms. The Kier molecular flexibility index (Phi) is 2.99. The average Bonchev–Trinajstić information content (AvgIpc) is 2.52. The van der Waals surface area contributed by atoms with Crippen molar-refractivity contribution in [3.8, 4) is 0 Å². The average molecular weight is 234 g/mol. The van der Waals surface area contributed by atoms with E-state index in [1.54, 1.807) is 24.7 Å². The van der Waals surface area contributed by atoms with E-state index < -0.39 is 20.6 Å². The number of nitrogens with two attached hydrogens (primary N) is 1. The predicted molar refractivity (Wildman–Crippen MR) is 58.0 cm³/mol. The van der Waals surface area contributed by atoms with E-state index in [-0.39, 0.29) is 0 Å². The Morgan fingerprint density at radius 2 is 2.14 bits per heavy atom. The lowest BCUT2D eigenvalue weighted by atomic mass is 10.0. The minimum Gasteiger partial charge on any atom is -0.321 e. The number of thiazole rings is 1. The van der Waals surface area contributed by atoms with Gasteiger partial charge >= 0.3 is 0 Å². The van der Waals surface area contributed by atoms with Crippen LogP contribution in [0.1, 0.15) is 25.6 Å². The third-order valence-electron chi connectivity index (χ3n) is 2.47. The van der Waals surface area contributed by atoms with Gasteiger partial charge < -0.3 is 5.73 Å². The Morgan fingerprint density at radius 1 is 1.57 bits per heavy atom. The molecule has 0 aromatic carbocycles. The molecule has 1 atom stereocenters. The molecule has 0 aliphatic carbocycles. The van der Waals surface area contributed by atoms with Gasteiger partial charge in [0.25, 0.3) is 0 Å². The second-order valence-electron chi connectivity index (χ2n) is 3.77. The summed E-state index contributed by atoms with van der Waals surface area (Å²) in [6, 6.07) is -0.580. The Labute approximate surface area is 88.1 Å². The summed E-state index contributed by atoms with van der Waals surface area (Å²) < 4.78 is 22.0. The summed E-state index contributed by atoms with van der Waals surface area (Å²) in [5.41, 5.74) is 8.14. The van der Waals surface area contributed by atoms with Gasteiger partial charge in [-0.05, 0) is 13.8 Å². The highest BCUT2D eigenvalue weighted by atomic mass is 32.2. The van der Waals surface area contributed by atoms with Crippen LogP contribution < -0.4 is 5.73 Å². The smallest absolute Gasteiger partial charge is 0.154 e. The maximum atomic E-state index is 11.5. The van der Waals surface area contributed by atoms with Crippen molar-refractivity contribution in [2.24, 2.45) is 5.73 Å². The molecular formula is C8H14N2O2S2. The molecule has 0 saturated heterocycles. The van der Waals surface area contributed by atoms with Crippen LogP contribution >= 0.6 is 11.3 Å². The summed E-state index contributed by atoms with van der Waals surface area (Å²) in [6.45, 7) is 3.23. The predicted octanol–water partition coefficient (Wildman–Crippen LogP) is 0.966. The van der Waals surface area contributed by atoms with E-state index in [0.717, 1.165) is 0 Å². The van der Waals surface area contributed by atoms with Gasteiger partial charge in [0.1, 0.15) is 0 Å². The van der Waals surface area contributed by atoms with Gasteiger partial charge in [-0.15, -0.1) is 11.3 Å². The zero-order chi connectivity index (χ0) is 11.0. The summed E-state index contributed by atoms with van der Waals surface area (Å²) in [5.74, 6) is 0. The van der Waals surface area contributed by atoms with E-state index in [9.17, 15) is 8.42 Å². The molecule has 6 heteroatoms. The van der Waals surface area contributed by atoms with Crippen molar-refractivity contribution >= 4 is 21.2 Å². The van der Waals surface area contributed by atoms with Gasteiger partial charge in [-0.2, -0.15) is 0 Å². The van der Waals surface area contributed by atoms with Crippen LogP contribution in [-0.4, -0.2) is 24.4 Å². The van der Waals surface area contributed by atoms with Gasteiger partial charge in [-0.1, -0.05) is 0 Å². The van der Waals surface area contributed by atoms with Crippen molar-refractivity contribution in [2.45, 2.75) is 24.6 Å². The lowest BCUT2D eigenvalue weighted by Crippen LogP contribution is -2.42. The first-order chi connectivity index (χ1) is 6.27. The third kappa shape index (κ3) is 1.97. The molecule has 1 rings (SSSR count). The van der Waals surface area contributed by atoms with E-state index >= 15 is 0 Å². The molecule has 0 aliphatic heterocycles. The number of hydrogen-bond donors (Lipinski definition) is 1. The molecule has 0 amide bonds. The molecule has 1 heterocycles. The van der Waals surface area contributed by atoms with Crippen LogP contribution in [0.25, 0.3) is 0 Å². The van der Waals surface area contributed by atoms with E-state index in [2.05, 4.69) is 4.98 Å². The second kappa shape index (κ2) is 3.60. The molecule has 1 aromatic heterocycles. The van der Waals surface area contributed by atoms with Crippen LogP contribution in [0.4, 0.5) is 0 Å². The SMILES string of the molecule is CC(C)(C(N)c1cscn1)S(C)(=O)=O. The minimum absolute atomic E-state index is 0.580. The van der Waals surface area contributed by atoms with Gasteiger partial charge in [-0.25, -0.2) is 13.4 Å². The molecular weight excluding hydrogens is 220 g/mol. The summed E-state index contributed by atoms with van der Waals surface area (Å²) in [5, 5.41) is 1.78. The maximum Gasteiger partial charge on any atom is 0.154 e. The van der Waals surface area contributed by atoms with Crippen LogP contribution in [0.3, 0.4) is 0 Å². The van der Waals surface area contributed by atoms with Crippen LogP contribution in [0.15, 0.2) is 10.9 Å². The van der Waals surface area contributed by atoms with Crippen molar-refractivity contribution < 1.29 is 8.42 Å². The second-order valence-corrected chi connectivity index (χ2v) is 7.08. The van der Waals surface area contributed by atoms with Gasteiger partial charge in [0, 0.05) is 11.6 Å². The van der Waals surface area contributed by atoms with Crippen LogP contribution in [0.5, 0.6) is 0 Å². The molecule has 80 valence electrons. The monoisotopic (exact) mass is 234 g/mol. The summed E-state index contributed by atoms with van der Waals surface area (Å²) >= 11 is 1.41. The highest BCUT2D eigenvalue weighted by molar-refractivity contribution is 7.92. The molecule has 2 N–H and O–H groups in total. The molecule has 1 aromatic rings. The van der Waals surface area contributed by atoms with Gasteiger partial charge in [-0.3, -0.25) is 0 Å². The van der Waals surface area contributed by atoms with Crippen molar-refractivity contribution in [3.63, 3.8) is 0 Å². The van der Waals surface area contributed by atoms with Gasteiger partial charge in [0.2, 0.25) is 0 Å². The number of rotatable bonds is 3. The molecule has 1 unspecified atom stereocenters. The van der Waals surface area contributed by atoms with E-state index in [0.29, 0.717) is 5.69 Å². The first kappa shape index (κ1) is 11.6. The molecule has 0 fully saturated rings. The quantitative estimate of drug-likeness (QED) is 0.845. The number of hydrogen-bond acceptors (Lipinski definition) is 5. The fourth-order valence-corrected chi connectivity index (χ4v) is 2.13. The normalized spacial score (nSPS) is 15.4. The van der Waals surface area contributed by atoms with Gasteiger partial charge in [0.15, 0.2) is 9.84 Å². The zero-order valence-electron chi connectivity index (χ0n) is 8.39. The Bertz CT molecular complexity index is 395. The minimum atomic E-state index is -3.19. The first-order valence-electron chi connectivity index (χ1n) is 4.10. The van der Waals surface area contributed by atoms with E-state index in [4.69, 9.17) is 5.73 Å². The topological polar surface area (TPSA) is 73.0 Å². The largest absolute Gasteiger partial charge is 0.321 e. The Balaban J connectivity index is 3.07. The number of nitrogens with zero attached hydrogens (tertiary/aromatic N) is 1. The molecule has 0 aliphatic rings. The molecule has 4 nitrogen and oxygen atoms in total. The van der Waals surface area contributed by atoms with Crippen molar-refractivity contribution in [3.05, 3.63) is 16.6 Å². The van der Waals surface area contributed by atoms with Crippen molar-refractivity contribution in [1.29, 1.82) is 0 Å². The Morgan fingerprint density at radius 3 is 2.50 bits per heavy atom. The fraction of sp³-hybridized carbons (Fsp3) is 0.625. The lowest BCUT2D eigenvalue weighted by molar-refractivity contribution is 0.491. The van der Waals surface area contributed by atoms with Crippen LogP contribution in [0.2, 0.25) is 0 Å². The van der Waals surface area contributed by atoms with E-state index in [1.807, 2.05) is 0 Å². The fourth-order valence-electron chi connectivity index (χ4n) is 0.962. The van der Waals surface area contributed by atoms with Gasteiger partial charge in [0.05, 0.1) is 22.0 Å². The molecule has 0 spiro atoms. The molecule has 0 saturated carbocycles. The highest BCUT2D eigenvalue weighted by Crippen LogP contribution is 2.29. The third-order valence-corrected chi connectivity index (χ3v) is 5.24. The molecule has 0 radical (unpaired) electrons. The zero-order valence-corrected chi connectivity index (χ0v) is 10.0. The number of aromatic nitrogens is 1. The first-order valence-corrected chi connectivity index (χ1v) is 6.93. The van der Waals surface area contributed by atoms with E-state index in [1.165, 1.54) is 17.6 Å². The lowest BCUT2D eigenvalue weighted by Gasteiger charge is -2.28. The van der Waals surface area contributed by atoms with Crippen molar-refractivity contribution in [2.75, 3.05) is 6.26 Å². The Hall–Kier alpha value is -0.460. The highest BCUT2D eigenvalue weighted by Gasteiger charge is 2.38. The van der Waals surface area contributed by atoms with Crippen LogP contribution in [-0.2, 0) is 9.84 Å². The summed E-state index contributed by atoms with van der Waals surface area (Å²) in [7, 11) is -3.19. The van der Waals surface area contributed by atoms with Crippen LogP contribution in [0, 0.1) is 0 Å². The maximum absolute atomic E-state index is 11.5. The standard InChI is InChI=1S/C8H14N2O2S2/c1-8(2,14(3,11)12)7(9)6-4-13-5-10-6/h4-5,7H,9H2,1-3H3. The molecule has 14 heavy (non-hydrogen) atoms. The summed E-state index contributed by atoms with van der Waals surface area (Å²) in [6.07, 6.45) is 1.19. The number of sulfone groups is 1. The van der Waals surface area contributed by atoms with Crippen molar-refractivity contribution in [1.82, 2.24) is 4.98 Å². The summed E-state index contributed by atoms with van der Waals surface area (Å²) in [4.78, 5) is 4.03.